The monoisotopic (exact) mass is 248 g/mol. The van der Waals surface area contributed by atoms with Crippen LogP contribution in [0, 0.1) is 0 Å². The minimum absolute atomic E-state index is 0.350. The second kappa shape index (κ2) is 5.02. The van der Waals surface area contributed by atoms with E-state index in [-0.39, 0.29) is 0 Å². The summed E-state index contributed by atoms with van der Waals surface area (Å²) in [4.78, 5) is 7.09. The van der Waals surface area contributed by atoms with E-state index in [2.05, 4.69) is 33.7 Å². The Bertz CT molecular complexity index is 388. The van der Waals surface area contributed by atoms with E-state index in [0.717, 1.165) is 11.9 Å². The van der Waals surface area contributed by atoms with Crippen LogP contribution in [0.1, 0.15) is 44.5 Å². The molecule has 18 heavy (non-hydrogen) atoms. The van der Waals surface area contributed by atoms with Crippen molar-refractivity contribution in [2.75, 3.05) is 13.1 Å². The Hall–Kier alpha value is -0.870. The van der Waals surface area contributed by atoms with Gasteiger partial charge in [0.25, 0.3) is 0 Å². The van der Waals surface area contributed by atoms with Crippen molar-refractivity contribution in [1.29, 1.82) is 0 Å². The van der Waals surface area contributed by atoms with Gasteiger partial charge in [-0.2, -0.15) is 0 Å². The molecule has 0 spiro atoms. The third-order valence-electron chi connectivity index (χ3n) is 4.32. The second-order valence-electron chi connectivity index (χ2n) is 5.83. The van der Waals surface area contributed by atoms with Crippen molar-refractivity contribution in [3.8, 4) is 0 Å². The van der Waals surface area contributed by atoms with Crippen molar-refractivity contribution in [1.82, 2.24) is 19.8 Å². The van der Waals surface area contributed by atoms with E-state index in [1.807, 2.05) is 12.4 Å². The molecule has 1 saturated heterocycles. The zero-order valence-electron chi connectivity index (χ0n) is 11.5. The van der Waals surface area contributed by atoms with Gasteiger partial charge in [-0.25, -0.2) is 4.98 Å². The molecule has 0 amide bonds. The van der Waals surface area contributed by atoms with Crippen LogP contribution < -0.4 is 5.32 Å². The van der Waals surface area contributed by atoms with Gasteiger partial charge in [-0.3, -0.25) is 0 Å². The molecule has 2 aliphatic rings. The lowest BCUT2D eigenvalue weighted by atomic mass is 10.0. The van der Waals surface area contributed by atoms with Crippen LogP contribution in [0.15, 0.2) is 12.4 Å². The number of aromatic nitrogens is 2. The normalized spacial score (nSPS) is 24.3. The Balaban J connectivity index is 1.50. The van der Waals surface area contributed by atoms with E-state index < -0.39 is 0 Å². The Morgan fingerprint density at radius 1 is 1.28 bits per heavy atom. The molecular weight excluding hydrogens is 224 g/mol. The number of aryl methyl sites for hydroxylation is 1. The van der Waals surface area contributed by atoms with Gasteiger partial charge in [-0.05, 0) is 45.7 Å². The molecule has 1 unspecified atom stereocenters. The standard InChI is InChI=1S/C14H24N4/c1-11(14-15-7-10-17(14)2)16-12-5-8-18(9-6-12)13-3-4-13/h7,10-13,16H,3-6,8-9H2,1-2H3. The molecular formula is C14H24N4. The molecule has 3 rings (SSSR count). The van der Waals surface area contributed by atoms with Crippen LogP contribution in [0.4, 0.5) is 0 Å². The van der Waals surface area contributed by atoms with Crippen LogP contribution in [-0.4, -0.2) is 39.6 Å². The van der Waals surface area contributed by atoms with Crippen LogP contribution in [0.25, 0.3) is 0 Å². The maximum atomic E-state index is 4.42. The van der Waals surface area contributed by atoms with Gasteiger partial charge in [-0.1, -0.05) is 0 Å². The fraction of sp³-hybridized carbons (Fsp3) is 0.786. The summed E-state index contributed by atoms with van der Waals surface area (Å²) in [6.45, 7) is 4.76. The summed E-state index contributed by atoms with van der Waals surface area (Å²) < 4.78 is 2.11. The second-order valence-corrected chi connectivity index (χ2v) is 5.83. The Kier molecular flexibility index (Phi) is 3.39. The largest absolute Gasteiger partial charge is 0.337 e. The summed E-state index contributed by atoms with van der Waals surface area (Å²) >= 11 is 0. The average molecular weight is 248 g/mol. The van der Waals surface area contributed by atoms with Gasteiger partial charge in [0.1, 0.15) is 5.82 Å². The highest BCUT2D eigenvalue weighted by Gasteiger charge is 2.32. The highest BCUT2D eigenvalue weighted by atomic mass is 15.2. The first-order valence-corrected chi connectivity index (χ1v) is 7.21. The van der Waals surface area contributed by atoms with Crippen LogP contribution in [0.5, 0.6) is 0 Å². The highest BCUT2D eigenvalue weighted by molar-refractivity contribution is 4.98. The summed E-state index contributed by atoms with van der Waals surface area (Å²) in [7, 11) is 2.07. The molecule has 1 atom stereocenters. The van der Waals surface area contributed by atoms with Gasteiger partial charge >= 0.3 is 0 Å². The third-order valence-corrected chi connectivity index (χ3v) is 4.32. The molecule has 4 nitrogen and oxygen atoms in total. The predicted molar refractivity (Wildman–Crippen MR) is 72.4 cm³/mol. The number of likely N-dealkylation sites (tertiary alicyclic amines) is 1. The molecule has 0 bridgehead atoms. The first kappa shape index (κ1) is 12.2. The van der Waals surface area contributed by atoms with Crippen LogP contribution >= 0.6 is 0 Å². The number of hydrogen-bond acceptors (Lipinski definition) is 3. The van der Waals surface area contributed by atoms with E-state index in [4.69, 9.17) is 0 Å². The topological polar surface area (TPSA) is 33.1 Å². The Morgan fingerprint density at radius 3 is 2.56 bits per heavy atom. The average Bonchev–Trinajstić information content (AvgIpc) is 3.12. The number of rotatable bonds is 4. The van der Waals surface area contributed by atoms with Crippen molar-refractivity contribution >= 4 is 0 Å². The number of imidazole rings is 1. The van der Waals surface area contributed by atoms with Crippen LogP contribution in [0.3, 0.4) is 0 Å². The van der Waals surface area contributed by atoms with E-state index >= 15 is 0 Å². The van der Waals surface area contributed by atoms with E-state index in [9.17, 15) is 0 Å². The molecule has 1 aliphatic carbocycles. The van der Waals surface area contributed by atoms with Gasteiger partial charge in [-0.15, -0.1) is 0 Å². The van der Waals surface area contributed by atoms with Gasteiger partial charge in [0.2, 0.25) is 0 Å². The zero-order chi connectivity index (χ0) is 12.5. The molecule has 0 radical (unpaired) electrons. The molecule has 2 heterocycles. The fourth-order valence-corrected chi connectivity index (χ4v) is 3.09. The Morgan fingerprint density at radius 2 is 2.00 bits per heavy atom. The predicted octanol–water partition coefficient (Wildman–Crippen LogP) is 1.70. The lowest BCUT2D eigenvalue weighted by Gasteiger charge is -2.33. The van der Waals surface area contributed by atoms with Crippen molar-refractivity contribution < 1.29 is 0 Å². The molecule has 0 aromatic carbocycles. The fourth-order valence-electron chi connectivity index (χ4n) is 3.09. The van der Waals surface area contributed by atoms with Crippen molar-refractivity contribution in [3.05, 3.63) is 18.2 Å². The maximum absolute atomic E-state index is 4.42. The van der Waals surface area contributed by atoms with E-state index in [0.29, 0.717) is 12.1 Å². The maximum Gasteiger partial charge on any atom is 0.125 e. The van der Waals surface area contributed by atoms with Gasteiger partial charge in [0, 0.05) is 31.5 Å². The quantitative estimate of drug-likeness (QED) is 0.880. The smallest absolute Gasteiger partial charge is 0.125 e. The molecule has 1 aromatic rings. The number of hydrogen-bond donors (Lipinski definition) is 1. The zero-order valence-corrected chi connectivity index (χ0v) is 11.5. The van der Waals surface area contributed by atoms with E-state index in [1.54, 1.807) is 0 Å². The minimum Gasteiger partial charge on any atom is -0.337 e. The number of piperidine rings is 1. The minimum atomic E-state index is 0.350. The lowest BCUT2D eigenvalue weighted by molar-refractivity contribution is 0.183. The highest BCUT2D eigenvalue weighted by Crippen LogP contribution is 2.29. The van der Waals surface area contributed by atoms with Gasteiger partial charge < -0.3 is 14.8 Å². The summed E-state index contributed by atoms with van der Waals surface area (Å²) in [6.07, 6.45) is 9.33. The third kappa shape index (κ3) is 2.59. The van der Waals surface area contributed by atoms with Crippen LogP contribution in [-0.2, 0) is 7.05 Å². The van der Waals surface area contributed by atoms with E-state index in [1.165, 1.54) is 38.8 Å². The summed E-state index contributed by atoms with van der Waals surface area (Å²) in [5.74, 6) is 1.14. The summed E-state index contributed by atoms with van der Waals surface area (Å²) in [5, 5.41) is 3.73. The van der Waals surface area contributed by atoms with Gasteiger partial charge in [0.15, 0.2) is 0 Å². The molecule has 4 heteroatoms. The molecule has 1 aliphatic heterocycles. The summed E-state index contributed by atoms with van der Waals surface area (Å²) in [6, 6.07) is 1.94. The van der Waals surface area contributed by atoms with Crippen molar-refractivity contribution in [2.45, 2.75) is 50.7 Å². The lowest BCUT2D eigenvalue weighted by Crippen LogP contribution is -2.44. The van der Waals surface area contributed by atoms with Crippen molar-refractivity contribution in [2.24, 2.45) is 7.05 Å². The van der Waals surface area contributed by atoms with Gasteiger partial charge in [0.05, 0.1) is 6.04 Å². The van der Waals surface area contributed by atoms with Crippen molar-refractivity contribution in [3.63, 3.8) is 0 Å². The molecule has 1 saturated carbocycles. The SMILES string of the molecule is CC(NC1CCN(C2CC2)CC1)c1nccn1C. The molecule has 1 N–H and O–H groups in total. The first-order chi connectivity index (χ1) is 8.74. The Labute approximate surface area is 109 Å². The summed E-state index contributed by atoms with van der Waals surface area (Å²) in [5.41, 5.74) is 0. The number of nitrogens with zero attached hydrogens (tertiary/aromatic N) is 3. The molecule has 1 aromatic heterocycles. The molecule has 100 valence electrons. The first-order valence-electron chi connectivity index (χ1n) is 7.21. The number of nitrogens with one attached hydrogen (secondary N) is 1. The molecule has 2 fully saturated rings. The van der Waals surface area contributed by atoms with Crippen LogP contribution in [0.2, 0.25) is 0 Å².